The van der Waals surface area contributed by atoms with Crippen molar-refractivity contribution < 1.29 is 13.2 Å². The van der Waals surface area contributed by atoms with Gasteiger partial charge in [-0.1, -0.05) is 59.6 Å². The first-order valence-electron chi connectivity index (χ1n) is 11.7. The number of piperidine rings is 1. The van der Waals surface area contributed by atoms with Gasteiger partial charge in [-0.2, -0.15) is 13.2 Å². The van der Waals surface area contributed by atoms with Crippen LogP contribution in [-0.2, 0) is 19.3 Å². The van der Waals surface area contributed by atoms with Crippen LogP contribution in [0.2, 0.25) is 10.0 Å². The van der Waals surface area contributed by atoms with Crippen molar-refractivity contribution in [2.75, 3.05) is 13.1 Å². The Labute approximate surface area is 216 Å². The van der Waals surface area contributed by atoms with Gasteiger partial charge < -0.3 is 0 Å². The molecule has 0 atom stereocenters. The lowest BCUT2D eigenvalue weighted by molar-refractivity contribution is -0.138. The third-order valence-electron chi connectivity index (χ3n) is 6.85. The smallest absolute Gasteiger partial charge is 0.299 e. The van der Waals surface area contributed by atoms with Crippen LogP contribution in [0, 0.1) is 0 Å². The fourth-order valence-corrected chi connectivity index (χ4v) is 5.54. The molecule has 4 aromatic rings. The second-order valence-electron chi connectivity index (χ2n) is 9.13. The van der Waals surface area contributed by atoms with Gasteiger partial charge in [0, 0.05) is 35.7 Å². The zero-order chi connectivity index (χ0) is 25.4. The maximum absolute atomic E-state index is 13.6. The minimum atomic E-state index is -4.49. The fourth-order valence-electron chi connectivity index (χ4n) is 5.07. The van der Waals surface area contributed by atoms with Crippen LogP contribution in [0.5, 0.6) is 0 Å². The highest BCUT2D eigenvalue weighted by molar-refractivity contribution is 6.35. The second kappa shape index (κ2) is 9.96. The summed E-state index contributed by atoms with van der Waals surface area (Å²) in [4.78, 5) is 15.9. The molecule has 1 fully saturated rings. The van der Waals surface area contributed by atoms with Crippen molar-refractivity contribution in [3.05, 3.63) is 104 Å². The molecule has 0 unspecified atom stereocenters. The Kier molecular flexibility index (Phi) is 6.90. The summed E-state index contributed by atoms with van der Waals surface area (Å²) in [5, 5.41) is 1.22. The summed E-state index contributed by atoms with van der Waals surface area (Å²) >= 11 is 12.3. The minimum Gasteiger partial charge on any atom is -0.299 e. The van der Waals surface area contributed by atoms with Gasteiger partial charge in [0.15, 0.2) is 0 Å². The molecule has 2 heterocycles. The van der Waals surface area contributed by atoms with E-state index in [0.717, 1.165) is 43.1 Å². The van der Waals surface area contributed by atoms with Crippen molar-refractivity contribution >= 4 is 34.2 Å². The van der Waals surface area contributed by atoms with E-state index in [4.69, 9.17) is 23.2 Å². The van der Waals surface area contributed by atoms with Gasteiger partial charge in [0.05, 0.1) is 23.1 Å². The zero-order valence-electron chi connectivity index (χ0n) is 19.3. The van der Waals surface area contributed by atoms with Gasteiger partial charge in [0.1, 0.15) is 0 Å². The molecule has 36 heavy (non-hydrogen) atoms. The van der Waals surface area contributed by atoms with Crippen LogP contribution < -0.4 is 5.69 Å². The molecule has 9 heteroatoms. The quantitative estimate of drug-likeness (QED) is 0.276. The molecule has 1 saturated heterocycles. The predicted molar refractivity (Wildman–Crippen MR) is 137 cm³/mol. The molecule has 3 aromatic carbocycles. The molecule has 0 bridgehead atoms. The molecule has 0 saturated carbocycles. The van der Waals surface area contributed by atoms with Crippen LogP contribution in [0.25, 0.3) is 11.0 Å². The van der Waals surface area contributed by atoms with Crippen LogP contribution in [0.1, 0.15) is 35.6 Å². The molecule has 1 aliphatic rings. The summed E-state index contributed by atoms with van der Waals surface area (Å²) in [6, 6.07) is 18.2. The topological polar surface area (TPSA) is 30.2 Å². The maximum atomic E-state index is 13.6. The summed E-state index contributed by atoms with van der Waals surface area (Å²) in [5.74, 6) is 0. The molecule has 4 nitrogen and oxygen atoms in total. The summed E-state index contributed by atoms with van der Waals surface area (Å²) in [7, 11) is 0. The van der Waals surface area contributed by atoms with E-state index in [0.29, 0.717) is 22.1 Å². The average molecular weight is 534 g/mol. The number of aromatic nitrogens is 2. The van der Waals surface area contributed by atoms with E-state index >= 15 is 0 Å². The van der Waals surface area contributed by atoms with Gasteiger partial charge in [-0.05, 0) is 54.3 Å². The number of para-hydroxylation sites is 2. The van der Waals surface area contributed by atoms with Gasteiger partial charge in [0.2, 0.25) is 0 Å². The third kappa shape index (κ3) is 4.92. The Morgan fingerprint density at radius 1 is 0.833 bits per heavy atom. The Bertz CT molecular complexity index is 1450. The van der Waals surface area contributed by atoms with Crippen LogP contribution in [0.3, 0.4) is 0 Å². The number of nitrogens with zero attached hydrogens (tertiary/aromatic N) is 3. The van der Waals surface area contributed by atoms with Crippen molar-refractivity contribution in [1.29, 1.82) is 0 Å². The van der Waals surface area contributed by atoms with Gasteiger partial charge in [-0.3, -0.25) is 14.0 Å². The first-order valence-corrected chi connectivity index (χ1v) is 12.5. The lowest BCUT2D eigenvalue weighted by Gasteiger charge is -2.32. The Morgan fingerprint density at radius 2 is 1.50 bits per heavy atom. The zero-order valence-corrected chi connectivity index (χ0v) is 20.8. The summed E-state index contributed by atoms with van der Waals surface area (Å²) < 4.78 is 44.0. The lowest BCUT2D eigenvalue weighted by atomic mass is 10.0. The van der Waals surface area contributed by atoms with Crippen LogP contribution in [-0.4, -0.2) is 27.1 Å². The standard InChI is InChI=1S/C27H24Cl2F3N3O/c28-20-10-9-19(23(29)15-20)16-33-13-11-21(12-14-33)35-25-8-4-3-7-24(25)34(26(35)36)17-18-5-1-2-6-22(18)27(30,31)32/h1-10,15,21H,11-14,16-17H2. The predicted octanol–water partition coefficient (Wildman–Crippen LogP) is 7.01. The van der Waals surface area contributed by atoms with E-state index in [-0.39, 0.29) is 23.8 Å². The number of likely N-dealkylation sites (tertiary alicyclic amines) is 1. The van der Waals surface area contributed by atoms with Gasteiger partial charge in [0.25, 0.3) is 0 Å². The van der Waals surface area contributed by atoms with E-state index in [9.17, 15) is 18.0 Å². The first kappa shape index (κ1) is 24.9. The van der Waals surface area contributed by atoms with Crippen LogP contribution in [0.15, 0.2) is 71.5 Å². The molecule has 0 N–H and O–H groups in total. The number of hydrogen-bond donors (Lipinski definition) is 0. The van der Waals surface area contributed by atoms with Crippen molar-refractivity contribution in [2.45, 2.75) is 38.1 Å². The number of benzene rings is 3. The monoisotopic (exact) mass is 533 g/mol. The van der Waals surface area contributed by atoms with E-state index < -0.39 is 11.7 Å². The molecule has 0 radical (unpaired) electrons. The maximum Gasteiger partial charge on any atom is 0.416 e. The fraction of sp³-hybridized carbons (Fsp3) is 0.296. The Hall–Kier alpha value is -2.74. The van der Waals surface area contributed by atoms with Crippen LogP contribution >= 0.6 is 23.2 Å². The molecule has 1 aliphatic heterocycles. The largest absolute Gasteiger partial charge is 0.416 e. The molecular weight excluding hydrogens is 510 g/mol. The molecule has 1 aromatic heterocycles. The molecular formula is C27H24Cl2F3N3O. The number of halogens is 5. The molecule has 0 spiro atoms. The Morgan fingerprint density at radius 3 is 2.19 bits per heavy atom. The lowest BCUT2D eigenvalue weighted by Crippen LogP contribution is -2.37. The highest BCUT2D eigenvalue weighted by Crippen LogP contribution is 2.33. The molecule has 5 rings (SSSR count). The minimum absolute atomic E-state index is 0.0431. The van der Waals surface area contributed by atoms with Crippen molar-refractivity contribution in [3.63, 3.8) is 0 Å². The molecule has 0 aliphatic carbocycles. The molecule has 0 amide bonds. The summed E-state index contributed by atoms with van der Waals surface area (Å²) in [6.45, 7) is 2.09. The summed E-state index contributed by atoms with van der Waals surface area (Å²) in [6.07, 6.45) is -2.99. The van der Waals surface area contributed by atoms with Crippen molar-refractivity contribution in [2.24, 2.45) is 0 Å². The van der Waals surface area contributed by atoms with Gasteiger partial charge >= 0.3 is 11.9 Å². The number of hydrogen-bond acceptors (Lipinski definition) is 2. The van der Waals surface area contributed by atoms with Crippen molar-refractivity contribution in [3.8, 4) is 0 Å². The normalized spacial score (nSPS) is 15.6. The summed E-state index contributed by atoms with van der Waals surface area (Å²) in [5.41, 5.74) is 1.44. The highest BCUT2D eigenvalue weighted by Gasteiger charge is 2.33. The number of fused-ring (bicyclic) bond motifs is 1. The van der Waals surface area contributed by atoms with E-state index in [1.54, 1.807) is 28.8 Å². The Balaban J connectivity index is 1.41. The number of rotatable bonds is 5. The SMILES string of the molecule is O=c1n(Cc2ccccc2C(F)(F)F)c2ccccc2n1C1CCN(Cc2ccc(Cl)cc2Cl)CC1. The first-order chi connectivity index (χ1) is 17.2. The van der Waals surface area contributed by atoms with E-state index in [1.165, 1.54) is 16.7 Å². The van der Waals surface area contributed by atoms with Gasteiger partial charge in [-0.15, -0.1) is 0 Å². The van der Waals surface area contributed by atoms with E-state index in [1.807, 2.05) is 24.3 Å². The van der Waals surface area contributed by atoms with Crippen LogP contribution in [0.4, 0.5) is 13.2 Å². The molecule has 188 valence electrons. The van der Waals surface area contributed by atoms with Crippen molar-refractivity contribution in [1.82, 2.24) is 14.0 Å². The van der Waals surface area contributed by atoms with Gasteiger partial charge in [-0.25, -0.2) is 4.79 Å². The average Bonchev–Trinajstić information content (AvgIpc) is 3.12. The number of alkyl halides is 3. The van der Waals surface area contributed by atoms with E-state index in [2.05, 4.69) is 4.90 Å². The number of imidazole rings is 1. The third-order valence-corrected chi connectivity index (χ3v) is 7.44. The second-order valence-corrected chi connectivity index (χ2v) is 9.97. The highest BCUT2D eigenvalue weighted by atomic mass is 35.5.